The van der Waals surface area contributed by atoms with Gasteiger partial charge >= 0.3 is 18.0 Å². The van der Waals surface area contributed by atoms with Crippen molar-refractivity contribution in [3.63, 3.8) is 0 Å². The molecular formula is C14H15N3O6. The standard InChI is InChI=1S/C14H15N3O6/c1-22-9-5-8(6-10(7-9)23-2)3-4-11-12(17(20)21)13(18)16-14(19)15-11/h3-7,11-12H,1-2H3,(H2,15,16,18,19)/b4-3-. The molecule has 1 aromatic rings. The maximum Gasteiger partial charge on any atom is 0.322 e. The first-order valence-corrected chi connectivity index (χ1v) is 6.60. The van der Waals surface area contributed by atoms with Gasteiger partial charge in [0.15, 0.2) is 0 Å². The van der Waals surface area contributed by atoms with E-state index >= 15 is 0 Å². The summed E-state index contributed by atoms with van der Waals surface area (Å²) in [6, 6.07) is 1.63. The number of nitro groups is 1. The van der Waals surface area contributed by atoms with Gasteiger partial charge in [0, 0.05) is 11.0 Å². The Balaban J connectivity index is 2.28. The highest BCUT2D eigenvalue weighted by Gasteiger charge is 2.43. The van der Waals surface area contributed by atoms with Crippen LogP contribution >= 0.6 is 0 Å². The third kappa shape index (κ3) is 3.76. The van der Waals surface area contributed by atoms with Crippen LogP contribution in [0.1, 0.15) is 5.56 Å². The number of hydrogen-bond donors (Lipinski definition) is 2. The average Bonchev–Trinajstić information content (AvgIpc) is 2.51. The van der Waals surface area contributed by atoms with Gasteiger partial charge in [-0.2, -0.15) is 0 Å². The largest absolute Gasteiger partial charge is 0.497 e. The van der Waals surface area contributed by atoms with Crippen LogP contribution in [0, 0.1) is 10.1 Å². The summed E-state index contributed by atoms with van der Waals surface area (Å²) in [5.74, 6) is 0.136. The molecule has 0 aliphatic carbocycles. The zero-order valence-corrected chi connectivity index (χ0v) is 12.4. The van der Waals surface area contributed by atoms with Gasteiger partial charge in [-0.1, -0.05) is 12.2 Å². The second-order valence-corrected chi connectivity index (χ2v) is 4.72. The van der Waals surface area contributed by atoms with Gasteiger partial charge in [0.2, 0.25) is 0 Å². The number of carbonyl (C=O) groups is 2. The SMILES string of the molecule is COc1cc(/C=C\C2NC(=O)NC(=O)C2[N+](=O)[O-])cc(OC)c1. The fourth-order valence-corrected chi connectivity index (χ4v) is 2.14. The number of nitrogens with one attached hydrogen (secondary N) is 2. The van der Waals surface area contributed by atoms with Crippen LogP contribution in [0.5, 0.6) is 11.5 Å². The second kappa shape index (κ2) is 6.77. The minimum absolute atomic E-state index is 0.542. The number of benzene rings is 1. The maximum atomic E-state index is 11.6. The van der Waals surface area contributed by atoms with Crippen molar-refractivity contribution in [3.05, 3.63) is 40.0 Å². The molecule has 23 heavy (non-hydrogen) atoms. The van der Waals surface area contributed by atoms with Crippen LogP contribution in [-0.2, 0) is 4.79 Å². The van der Waals surface area contributed by atoms with E-state index in [1.807, 2.05) is 5.32 Å². The van der Waals surface area contributed by atoms with Crippen LogP contribution in [0.4, 0.5) is 4.79 Å². The summed E-state index contributed by atoms with van der Waals surface area (Å²) in [5.41, 5.74) is 0.642. The first kappa shape index (κ1) is 16.3. The molecule has 1 aromatic carbocycles. The fraction of sp³-hybridized carbons (Fsp3) is 0.286. The summed E-state index contributed by atoms with van der Waals surface area (Å²) in [6.07, 6.45) is 2.93. The topological polar surface area (TPSA) is 120 Å². The first-order valence-electron chi connectivity index (χ1n) is 6.60. The minimum Gasteiger partial charge on any atom is -0.497 e. The van der Waals surface area contributed by atoms with E-state index in [4.69, 9.17) is 9.47 Å². The highest BCUT2D eigenvalue weighted by Crippen LogP contribution is 2.23. The molecule has 1 heterocycles. The quantitative estimate of drug-likeness (QED) is 0.604. The summed E-state index contributed by atoms with van der Waals surface area (Å²) < 4.78 is 10.3. The highest BCUT2D eigenvalue weighted by atomic mass is 16.6. The van der Waals surface area contributed by atoms with Crippen molar-refractivity contribution in [2.75, 3.05) is 14.2 Å². The average molecular weight is 321 g/mol. The second-order valence-electron chi connectivity index (χ2n) is 4.72. The molecule has 0 saturated carbocycles. The van der Waals surface area contributed by atoms with E-state index in [0.717, 1.165) is 0 Å². The number of amides is 3. The predicted octanol–water partition coefficient (Wildman–Crippen LogP) is 0.570. The van der Waals surface area contributed by atoms with Crippen molar-refractivity contribution in [2.24, 2.45) is 0 Å². The number of rotatable bonds is 5. The van der Waals surface area contributed by atoms with Crippen LogP contribution in [0.2, 0.25) is 0 Å². The van der Waals surface area contributed by atoms with Crippen molar-refractivity contribution in [1.82, 2.24) is 10.6 Å². The number of hydrogen-bond acceptors (Lipinski definition) is 6. The minimum atomic E-state index is -1.59. The Kier molecular flexibility index (Phi) is 4.79. The van der Waals surface area contributed by atoms with E-state index in [-0.39, 0.29) is 0 Å². The van der Waals surface area contributed by atoms with Gasteiger partial charge in [-0.15, -0.1) is 0 Å². The summed E-state index contributed by atoms with van der Waals surface area (Å²) in [5, 5.41) is 15.2. The Morgan fingerprint density at radius 2 is 1.78 bits per heavy atom. The summed E-state index contributed by atoms with van der Waals surface area (Å²) in [7, 11) is 2.99. The third-order valence-electron chi connectivity index (χ3n) is 3.24. The van der Waals surface area contributed by atoms with Crippen LogP contribution < -0.4 is 20.1 Å². The summed E-state index contributed by atoms with van der Waals surface area (Å²) >= 11 is 0. The van der Waals surface area contributed by atoms with Gasteiger partial charge in [-0.3, -0.25) is 20.2 Å². The lowest BCUT2D eigenvalue weighted by atomic mass is 10.0. The molecule has 0 spiro atoms. The summed E-state index contributed by atoms with van der Waals surface area (Å²) in [4.78, 5) is 33.2. The van der Waals surface area contributed by atoms with E-state index in [9.17, 15) is 19.7 Å². The molecule has 2 N–H and O–H groups in total. The van der Waals surface area contributed by atoms with E-state index in [0.29, 0.717) is 17.1 Å². The van der Waals surface area contributed by atoms with Gasteiger partial charge in [0.05, 0.1) is 14.2 Å². The molecule has 9 nitrogen and oxygen atoms in total. The van der Waals surface area contributed by atoms with Gasteiger partial charge < -0.3 is 14.8 Å². The number of imide groups is 1. The van der Waals surface area contributed by atoms with Crippen LogP contribution in [0.25, 0.3) is 6.08 Å². The number of carbonyl (C=O) groups excluding carboxylic acids is 2. The van der Waals surface area contributed by atoms with Crippen LogP contribution in [0.15, 0.2) is 24.3 Å². The molecule has 0 bridgehead atoms. The lowest BCUT2D eigenvalue weighted by Gasteiger charge is -2.23. The molecule has 2 unspecified atom stereocenters. The number of methoxy groups -OCH3 is 2. The lowest BCUT2D eigenvalue weighted by Crippen LogP contribution is -2.62. The summed E-state index contributed by atoms with van der Waals surface area (Å²) in [6.45, 7) is 0. The number of urea groups is 1. The van der Waals surface area contributed by atoms with Crippen molar-refractivity contribution in [3.8, 4) is 11.5 Å². The molecule has 1 fully saturated rings. The highest BCUT2D eigenvalue weighted by molar-refractivity contribution is 6.00. The predicted molar refractivity (Wildman–Crippen MR) is 79.8 cm³/mol. The molecule has 9 heteroatoms. The van der Waals surface area contributed by atoms with Gasteiger partial charge in [0.1, 0.15) is 17.5 Å². The van der Waals surface area contributed by atoms with E-state index < -0.39 is 28.9 Å². The molecule has 122 valence electrons. The van der Waals surface area contributed by atoms with Crippen molar-refractivity contribution in [1.29, 1.82) is 0 Å². The smallest absolute Gasteiger partial charge is 0.322 e. The van der Waals surface area contributed by atoms with Gasteiger partial charge in [-0.25, -0.2) is 4.79 Å². The molecule has 2 atom stereocenters. The number of ether oxygens (including phenoxy) is 2. The Labute approximate surface area is 131 Å². The Morgan fingerprint density at radius 3 is 2.30 bits per heavy atom. The van der Waals surface area contributed by atoms with E-state index in [1.54, 1.807) is 24.3 Å². The van der Waals surface area contributed by atoms with Gasteiger partial charge in [0.25, 0.3) is 0 Å². The van der Waals surface area contributed by atoms with Crippen molar-refractivity contribution in [2.45, 2.75) is 12.1 Å². The Bertz CT molecular complexity index is 650. The molecule has 3 amide bonds. The molecule has 1 aliphatic heterocycles. The zero-order valence-electron chi connectivity index (χ0n) is 12.4. The third-order valence-corrected chi connectivity index (χ3v) is 3.24. The molecular weight excluding hydrogens is 306 g/mol. The van der Waals surface area contributed by atoms with Gasteiger partial charge in [-0.05, 0) is 17.7 Å². The fourth-order valence-electron chi connectivity index (χ4n) is 2.14. The number of nitrogens with zero attached hydrogens (tertiary/aromatic N) is 1. The zero-order chi connectivity index (χ0) is 17.0. The Hall–Kier alpha value is -3.10. The van der Waals surface area contributed by atoms with E-state index in [2.05, 4.69) is 5.32 Å². The monoisotopic (exact) mass is 321 g/mol. The molecule has 0 radical (unpaired) electrons. The molecule has 0 aromatic heterocycles. The van der Waals surface area contributed by atoms with E-state index in [1.165, 1.54) is 20.3 Å². The molecule has 2 rings (SSSR count). The van der Waals surface area contributed by atoms with Crippen LogP contribution in [0.3, 0.4) is 0 Å². The van der Waals surface area contributed by atoms with Crippen molar-refractivity contribution < 1.29 is 24.0 Å². The first-order chi connectivity index (χ1) is 10.9. The lowest BCUT2D eigenvalue weighted by molar-refractivity contribution is -0.510. The van der Waals surface area contributed by atoms with Crippen molar-refractivity contribution >= 4 is 18.0 Å². The Morgan fingerprint density at radius 1 is 1.17 bits per heavy atom. The normalized spacial score (nSPS) is 20.8. The molecule has 1 saturated heterocycles. The maximum absolute atomic E-state index is 11.6. The van der Waals surface area contributed by atoms with Crippen LogP contribution in [-0.4, -0.2) is 43.2 Å². The molecule has 1 aliphatic rings.